The molecule has 2 heterocycles. The number of carbonyl (C=O) groups is 1. The summed E-state index contributed by atoms with van der Waals surface area (Å²) in [4.78, 5) is 16.5. The number of halogens is 1. The SMILES string of the molecule is Cl.NC1(CNC(=O)c2ncoc2C2CCCO2)CCCCCC1. The Morgan fingerprint density at radius 3 is 2.70 bits per heavy atom. The molecule has 6 nitrogen and oxygen atoms in total. The number of nitrogens with two attached hydrogens (primary N) is 1. The third kappa shape index (κ3) is 4.46. The van der Waals surface area contributed by atoms with Crippen molar-refractivity contribution in [2.24, 2.45) is 5.73 Å². The number of aromatic nitrogens is 1. The quantitative estimate of drug-likeness (QED) is 0.820. The van der Waals surface area contributed by atoms with Crippen LogP contribution in [0.5, 0.6) is 0 Å². The highest BCUT2D eigenvalue weighted by Crippen LogP contribution is 2.30. The highest BCUT2D eigenvalue weighted by molar-refractivity contribution is 5.93. The van der Waals surface area contributed by atoms with Crippen molar-refractivity contribution >= 4 is 18.3 Å². The molecule has 1 aliphatic carbocycles. The van der Waals surface area contributed by atoms with Gasteiger partial charge in [-0.1, -0.05) is 25.7 Å². The Morgan fingerprint density at radius 2 is 2.04 bits per heavy atom. The van der Waals surface area contributed by atoms with Crippen molar-refractivity contribution in [2.45, 2.75) is 63.0 Å². The van der Waals surface area contributed by atoms with Crippen LogP contribution in [0, 0.1) is 0 Å². The minimum Gasteiger partial charge on any atom is -0.445 e. The first-order valence-electron chi connectivity index (χ1n) is 8.30. The van der Waals surface area contributed by atoms with Crippen molar-refractivity contribution in [2.75, 3.05) is 13.2 Å². The smallest absolute Gasteiger partial charge is 0.273 e. The molecule has 0 aromatic carbocycles. The highest BCUT2D eigenvalue weighted by Gasteiger charge is 2.30. The van der Waals surface area contributed by atoms with Gasteiger partial charge in [0.15, 0.2) is 17.8 Å². The van der Waals surface area contributed by atoms with Gasteiger partial charge in [-0.3, -0.25) is 4.79 Å². The predicted octanol–water partition coefficient (Wildman–Crippen LogP) is 2.73. The molecule has 7 heteroatoms. The molecular formula is C16H26ClN3O3. The van der Waals surface area contributed by atoms with E-state index in [-0.39, 0.29) is 30.0 Å². The maximum Gasteiger partial charge on any atom is 0.273 e. The lowest BCUT2D eigenvalue weighted by Crippen LogP contribution is -2.50. The van der Waals surface area contributed by atoms with E-state index in [2.05, 4.69) is 10.3 Å². The van der Waals surface area contributed by atoms with Crippen LogP contribution in [0.25, 0.3) is 0 Å². The molecule has 1 unspecified atom stereocenters. The fourth-order valence-electron chi connectivity index (χ4n) is 3.39. The standard InChI is InChI=1S/C16H25N3O3.ClH/c17-16(7-3-1-2-4-8-16)10-18-15(20)13-14(22-11-19-13)12-6-5-9-21-12;/h11-12H,1-10,17H2,(H,18,20);1H. The lowest BCUT2D eigenvalue weighted by Gasteiger charge is -2.28. The monoisotopic (exact) mass is 343 g/mol. The van der Waals surface area contributed by atoms with E-state index < -0.39 is 0 Å². The summed E-state index contributed by atoms with van der Waals surface area (Å²) in [5, 5.41) is 2.94. The Hall–Kier alpha value is -1.11. The van der Waals surface area contributed by atoms with Crippen LogP contribution >= 0.6 is 12.4 Å². The van der Waals surface area contributed by atoms with E-state index in [1.54, 1.807) is 0 Å². The average molecular weight is 344 g/mol. The first kappa shape index (κ1) is 18.2. The second-order valence-electron chi connectivity index (χ2n) is 6.53. The normalized spacial score (nSPS) is 23.8. The van der Waals surface area contributed by atoms with Crippen LogP contribution in [-0.2, 0) is 4.74 Å². The number of nitrogens with one attached hydrogen (secondary N) is 1. The summed E-state index contributed by atoms with van der Waals surface area (Å²) in [5.41, 5.74) is 6.48. The zero-order valence-electron chi connectivity index (χ0n) is 13.4. The average Bonchev–Trinajstić information content (AvgIpc) is 3.15. The van der Waals surface area contributed by atoms with Crippen LogP contribution in [0.2, 0.25) is 0 Å². The minimum atomic E-state index is -0.292. The van der Waals surface area contributed by atoms with Crippen molar-refractivity contribution < 1.29 is 13.9 Å². The van der Waals surface area contributed by atoms with E-state index in [9.17, 15) is 4.79 Å². The van der Waals surface area contributed by atoms with Gasteiger partial charge in [0.25, 0.3) is 5.91 Å². The van der Waals surface area contributed by atoms with Crippen molar-refractivity contribution in [3.63, 3.8) is 0 Å². The lowest BCUT2D eigenvalue weighted by atomic mass is 9.91. The minimum absolute atomic E-state index is 0. The molecule has 1 aromatic rings. The topological polar surface area (TPSA) is 90.4 Å². The van der Waals surface area contributed by atoms with Gasteiger partial charge in [0.1, 0.15) is 6.10 Å². The molecule has 3 rings (SSSR count). The van der Waals surface area contributed by atoms with Gasteiger partial charge in [-0.25, -0.2) is 4.98 Å². The Balaban J connectivity index is 0.00000192. The second-order valence-corrected chi connectivity index (χ2v) is 6.53. The number of nitrogens with zero attached hydrogens (tertiary/aromatic N) is 1. The number of oxazole rings is 1. The maximum absolute atomic E-state index is 12.4. The van der Waals surface area contributed by atoms with Crippen LogP contribution in [0.3, 0.4) is 0 Å². The first-order valence-corrected chi connectivity index (χ1v) is 8.30. The Bertz CT molecular complexity index is 506. The van der Waals surface area contributed by atoms with Gasteiger partial charge in [-0.05, 0) is 25.7 Å². The van der Waals surface area contributed by atoms with Gasteiger partial charge in [0, 0.05) is 18.7 Å². The Morgan fingerprint density at radius 1 is 1.30 bits per heavy atom. The van der Waals surface area contributed by atoms with Crippen molar-refractivity contribution in [3.05, 3.63) is 17.8 Å². The summed E-state index contributed by atoms with van der Waals surface area (Å²) in [7, 11) is 0. The number of carbonyl (C=O) groups excluding carboxylic acids is 1. The maximum atomic E-state index is 12.4. The van der Waals surface area contributed by atoms with Crippen LogP contribution in [0.1, 0.15) is 73.7 Å². The predicted molar refractivity (Wildman–Crippen MR) is 88.6 cm³/mol. The molecule has 0 bridgehead atoms. The summed E-state index contributed by atoms with van der Waals surface area (Å²) in [5.74, 6) is 0.329. The molecule has 23 heavy (non-hydrogen) atoms. The fraction of sp³-hybridized carbons (Fsp3) is 0.750. The molecule has 1 aromatic heterocycles. The van der Waals surface area contributed by atoms with E-state index in [1.807, 2.05) is 0 Å². The van der Waals surface area contributed by atoms with Crippen molar-refractivity contribution in [3.8, 4) is 0 Å². The molecule has 130 valence electrons. The third-order valence-electron chi connectivity index (χ3n) is 4.73. The van der Waals surface area contributed by atoms with Crippen LogP contribution < -0.4 is 11.1 Å². The number of hydrogen-bond acceptors (Lipinski definition) is 5. The summed E-state index contributed by atoms with van der Waals surface area (Å²) in [6, 6.07) is 0. The lowest BCUT2D eigenvalue weighted by molar-refractivity contribution is 0.0855. The largest absolute Gasteiger partial charge is 0.445 e. The molecule has 0 spiro atoms. The second kappa shape index (κ2) is 8.13. The van der Waals surface area contributed by atoms with Crippen LogP contribution in [-0.4, -0.2) is 29.6 Å². The molecule has 0 radical (unpaired) electrons. The number of ether oxygens (including phenoxy) is 1. The van der Waals surface area contributed by atoms with Crippen LogP contribution in [0.4, 0.5) is 0 Å². The van der Waals surface area contributed by atoms with E-state index in [0.29, 0.717) is 24.6 Å². The molecule has 1 saturated carbocycles. The summed E-state index contributed by atoms with van der Waals surface area (Å²) >= 11 is 0. The fourth-order valence-corrected chi connectivity index (χ4v) is 3.39. The van der Waals surface area contributed by atoms with Gasteiger partial charge in [-0.2, -0.15) is 0 Å². The third-order valence-corrected chi connectivity index (χ3v) is 4.73. The zero-order valence-corrected chi connectivity index (χ0v) is 14.2. The molecule has 1 saturated heterocycles. The number of hydrogen-bond donors (Lipinski definition) is 2. The van der Waals surface area contributed by atoms with Gasteiger partial charge in [0.2, 0.25) is 0 Å². The van der Waals surface area contributed by atoms with Gasteiger partial charge in [0.05, 0.1) is 0 Å². The number of rotatable bonds is 4. The van der Waals surface area contributed by atoms with Gasteiger partial charge < -0.3 is 20.2 Å². The van der Waals surface area contributed by atoms with Crippen molar-refractivity contribution in [1.82, 2.24) is 10.3 Å². The number of amides is 1. The Labute approximate surface area is 142 Å². The molecule has 3 N–H and O–H groups in total. The molecule has 1 atom stereocenters. The van der Waals surface area contributed by atoms with E-state index in [4.69, 9.17) is 14.9 Å². The van der Waals surface area contributed by atoms with E-state index in [0.717, 1.165) is 38.5 Å². The molecule has 2 aliphatic rings. The van der Waals surface area contributed by atoms with E-state index in [1.165, 1.54) is 19.2 Å². The van der Waals surface area contributed by atoms with Crippen molar-refractivity contribution in [1.29, 1.82) is 0 Å². The highest BCUT2D eigenvalue weighted by atomic mass is 35.5. The van der Waals surface area contributed by atoms with Crippen LogP contribution in [0.15, 0.2) is 10.8 Å². The molecule has 2 fully saturated rings. The first-order chi connectivity index (χ1) is 10.7. The molecular weight excluding hydrogens is 318 g/mol. The summed E-state index contributed by atoms with van der Waals surface area (Å²) in [6.45, 7) is 1.20. The zero-order chi connectivity index (χ0) is 15.4. The molecule has 1 amide bonds. The van der Waals surface area contributed by atoms with Gasteiger partial charge in [-0.15, -0.1) is 12.4 Å². The van der Waals surface area contributed by atoms with E-state index >= 15 is 0 Å². The Kier molecular flexibility index (Phi) is 6.44. The summed E-state index contributed by atoms with van der Waals surface area (Å²) in [6.07, 6.45) is 9.70. The van der Waals surface area contributed by atoms with Gasteiger partial charge >= 0.3 is 0 Å². The summed E-state index contributed by atoms with van der Waals surface area (Å²) < 4.78 is 11.0. The molecule has 1 aliphatic heterocycles.